The maximum Gasteiger partial charge on any atom is 0.0541 e. The van der Waals surface area contributed by atoms with Crippen LogP contribution in [0.3, 0.4) is 0 Å². The van der Waals surface area contributed by atoms with Gasteiger partial charge in [0.15, 0.2) is 0 Å². The molecule has 0 aliphatic rings. The highest BCUT2D eigenvalue weighted by molar-refractivity contribution is 6.09. The Hall–Kier alpha value is -3.32. The Morgan fingerprint density at radius 3 is 1.66 bits per heavy atom. The molecule has 4 aromatic carbocycles. The minimum absolute atomic E-state index is 1.17. The topological polar surface area (TPSA) is 4.93 Å². The first kappa shape index (κ1) is 17.8. The molecular formula is C28H25N. The monoisotopic (exact) mass is 375 g/mol. The molecule has 0 atom stereocenters. The third-order valence-corrected chi connectivity index (χ3v) is 5.81. The molecule has 0 radical (unpaired) electrons. The summed E-state index contributed by atoms with van der Waals surface area (Å²) < 4.78 is 2.36. The second-order valence-electron chi connectivity index (χ2n) is 7.72. The molecule has 0 amide bonds. The number of nitrogens with zero attached hydrogens (tertiary/aromatic N) is 1. The van der Waals surface area contributed by atoms with E-state index in [2.05, 4.69) is 109 Å². The van der Waals surface area contributed by atoms with Crippen molar-refractivity contribution in [1.29, 1.82) is 0 Å². The van der Waals surface area contributed by atoms with Gasteiger partial charge >= 0.3 is 0 Å². The van der Waals surface area contributed by atoms with E-state index in [1.165, 1.54) is 63.4 Å². The summed E-state index contributed by atoms with van der Waals surface area (Å²) >= 11 is 0. The second kappa shape index (κ2) is 7.60. The van der Waals surface area contributed by atoms with Gasteiger partial charge in [0.25, 0.3) is 0 Å². The van der Waals surface area contributed by atoms with E-state index in [-0.39, 0.29) is 0 Å². The third-order valence-electron chi connectivity index (χ3n) is 5.81. The maximum atomic E-state index is 2.36. The van der Waals surface area contributed by atoms with Crippen LogP contribution in [0.1, 0.15) is 25.3 Å². The van der Waals surface area contributed by atoms with Crippen LogP contribution in [-0.4, -0.2) is 4.57 Å². The Morgan fingerprint density at radius 1 is 0.586 bits per heavy atom. The number of para-hydroxylation sites is 2. The Balaban J connectivity index is 1.54. The molecular weight excluding hydrogens is 350 g/mol. The third kappa shape index (κ3) is 3.23. The SMILES string of the molecule is CCCCc1ccc(-c2ccc(-n3c4ccccc4c4ccccc43)cc2)cc1. The summed E-state index contributed by atoms with van der Waals surface area (Å²) in [5.74, 6) is 0. The van der Waals surface area contributed by atoms with Gasteiger partial charge in [0.2, 0.25) is 0 Å². The molecule has 0 saturated carbocycles. The first-order chi connectivity index (χ1) is 14.3. The number of aromatic nitrogens is 1. The van der Waals surface area contributed by atoms with Gasteiger partial charge < -0.3 is 4.57 Å². The van der Waals surface area contributed by atoms with Crippen LogP contribution >= 0.6 is 0 Å². The smallest absolute Gasteiger partial charge is 0.0541 e. The lowest BCUT2D eigenvalue weighted by Gasteiger charge is -2.10. The van der Waals surface area contributed by atoms with Crippen LogP contribution in [0.5, 0.6) is 0 Å². The number of hydrogen-bond donors (Lipinski definition) is 0. The molecule has 0 spiro atoms. The summed E-state index contributed by atoms with van der Waals surface area (Å²) in [5.41, 5.74) is 7.67. The van der Waals surface area contributed by atoms with E-state index < -0.39 is 0 Å². The summed E-state index contributed by atoms with van der Waals surface area (Å²) in [6, 6.07) is 35.3. The van der Waals surface area contributed by atoms with Crippen molar-refractivity contribution in [2.24, 2.45) is 0 Å². The number of fused-ring (bicyclic) bond motifs is 3. The first-order valence-electron chi connectivity index (χ1n) is 10.5. The average molecular weight is 376 g/mol. The van der Waals surface area contributed by atoms with Gasteiger partial charge in [-0.15, -0.1) is 0 Å². The summed E-state index contributed by atoms with van der Waals surface area (Å²) in [5, 5.41) is 2.60. The molecule has 142 valence electrons. The summed E-state index contributed by atoms with van der Waals surface area (Å²) in [6.45, 7) is 2.24. The molecule has 1 nitrogen and oxygen atoms in total. The van der Waals surface area contributed by atoms with E-state index in [1.807, 2.05) is 0 Å². The number of rotatable bonds is 5. The number of benzene rings is 4. The molecule has 1 heterocycles. The van der Waals surface area contributed by atoms with Crippen molar-refractivity contribution in [1.82, 2.24) is 4.57 Å². The van der Waals surface area contributed by atoms with Crippen LogP contribution in [0, 0.1) is 0 Å². The number of aryl methyl sites for hydroxylation is 1. The van der Waals surface area contributed by atoms with Crippen molar-refractivity contribution in [3.05, 3.63) is 103 Å². The van der Waals surface area contributed by atoms with Crippen LogP contribution < -0.4 is 0 Å². The highest BCUT2D eigenvalue weighted by Crippen LogP contribution is 2.32. The fourth-order valence-electron chi connectivity index (χ4n) is 4.25. The first-order valence-corrected chi connectivity index (χ1v) is 10.5. The predicted molar refractivity (Wildman–Crippen MR) is 125 cm³/mol. The molecule has 0 unspecified atom stereocenters. The fourth-order valence-corrected chi connectivity index (χ4v) is 4.25. The van der Waals surface area contributed by atoms with Crippen molar-refractivity contribution in [2.45, 2.75) is 26.2 Å². The molecule has 1 heteroatoms. The van der Waals surface area contributed by atoms with Crippen LogP contribution in [-0.2, 0) is 6.42 Å². The van der Waals surface area contributed by atoms with Gasteiger partial charge in [0.1, 0.15) is 0 Å². The minimum Gasteiger partial charge on any atom is -0.309 e. The van der Waals surface area contributed by atoms with Crippen molar-refractivity contribution in [3.63, 3.8) is 0 Å². The highest BCUT2D eigenvalue weighted by atomic mass is 15.0. The number of hydrogen-bond acceptors (Lipinski definition) is 0. The molecule has 0 aliphatic heterocycles. The zero-order chi connectivity index (χ0) is 19.6. The largest absolute Gasteiger partial charge is 0.309 e. The van der Waals surface area contributed by atoms with Crippen molar-refractivity contribution < 1.29 is 0 Å². The second-order valence-corrected chi connectivity index (χ2v) is 7.72. The van der Waals surface area contributed by atoms with E-state index in [0.717, 1.165) is 0 Å². The molecule has 5 aromatic rings. The normalized spacial score (nSPS) is 11.3. The molecule has 1 aromatic heterocycles. The number of unbranched alkanes of at least 4 members (excludes halogenated alkanes) is 1. The molecule has 0 N–H and O–H groups in total. The summed E-state index contributed by atoms with van der Waals surface area (Å²) in [7, 11) is 0. The van der Waals surface area contributed by atoms with Crippen molar-refractivity contribution in [2.75, 3.05) is 0 Å². The van der Waals surface area contributed by atoms with Crippen molar-refractivity contribution >= 4 is 21.8 Å². The highest BCUT2D eigenvalue weighted by Gasteiger charge is 2.11. The average Bonchev–Trinajstić information content (AvgIpc) is 3.13. The van der Waals surface area contributed by atoms with Gasteiger partial charge in [0, 0.05) is 16.5 Å². The van der Waals surface area contributed by atoms with E-state index in [9.17, 15) is 0 Å². The summed E-state index contributed by atoms with van der Waals surface area (Å²) in [4.78, 5) is 0. The molecule has 0 bridgehead atoms. The lowest BCUT2D eigenvalue weighted by molar-refractivity contribution is 0.795. The summed E-state index contributed by atoms with van der Waals surface area (Å²) in [6.07, 6.45) is 3.67. The molecule has 0 fully saturated rings. The van der Waals surface area contributed by atoms with Gasteiger partial charge in [-0.2, -0.15) is 0 Å². The maximum absolute atomic E-state index is 2.36. The van der Waals surface area contributed by atoms with Gasteiger partial charge in [-0.1, -0.05) is 86.1 Å². The van der Waals surface area contributed by atoms with E-state index in [4.69, 9.17) is 0 Å². The van der Waals surface area contributed by atoms with Gasteiger partial charge in [-0.05, 0) is 53.8 Å². The predicted octanol–water partition coefficient (Wildman–Crippen LogP) is 7.79. The molecule has 0 aliphatic carbocycles. The minimum atomic E-state index is 1.17. The zero-order valence-electron chi connectivity index (χ0n) is 16.8. The van der Waals surface area contributed by atoms with E-state index >= 15 is 0 Å². The standard InChI is InChI=1S/C28H25N/c1-2-3-8-21-13-15-22(16-14-21)23-17-19-24(20-18-23)29-27-11-6-4-9-25(27)26-10-5-7-12-28(26)29/h4-7,9-20H,2-3,8H2,1H3. The Kier molecular flexibility index (Phi) is 4.65. The zero-order valence-corrected chi connectivity index (χ0v) is 16.8. The van der Waals surface area contributed by atoms with Crippen LogP contribution in [0.25, 0.3) is 38.6 Å². The fraction of sp³-hybridized carbons (Fsp3) is 0.143. The van der Waals surface area contributed by atoms with E-state index in [0.29, 0.717) is 0 Å². The van der Waals surface area contributed by atoms with E-state index in [1.54, 1.807) is 0 Å². The lowest BCUT2D eigenvalue weighted by Crippen LogP contribution is -1.93. The van der Waals surface area contributed by atoms with Gasteiger partial charge in [-0.3, -0.25) is 0 Å². The van der Waals surface area contributed by atoms with Gasteiger partial charge in [0.05, 0.1) is 11.0 Å². The Bertz CT molecular complexity index is 1200. The van der Waals surface area contributed by atoms with Crippen LogP contribution in [0.15, 0.2) is 97.1 Å². The lowest BCUT2D eigenvalue weighted by atomic mass is 10.0. The molecule has 5 rings (SSSR count). The Morgan fingerprint density at radius 2 is 1.10 bits per heavy atom. The van der Waals surface area contributed by atoms with Crippen molar-refractivity contribution in [3.8, 4) is 16.8 Å². The quantitative estimate of drug-likeness (QED) is 0.295. The van der Waals surface area contributed by atoms with Crippen LogP contribution in [0.4, 0.5) is 0 Å². The molecule has 29 heavy (non-hydrogen) atoms. The van der Waals surface area contributed by atoms with Crippen LogP contribution in [0.2, 0.25) is 0 Å². The Labute approximate surface area is 172 Å². The molecule has 0 saturated heterocycles. The van der Waals surface area contributed by atoms with Gasteiger partial charge in [-0.25, -0.2) is 0 Å².